The van der Waals surface area contributed by atoms with Crippen LogP contribution in [0.4, 0.5) is 11.4 Å². The van der Waals surface area contributed by atoms with E-state index in [1.165, 1.54) is 54.9 Å². The molecule has 0 saturated carbocycles. The minimum absolute atomic E-state index is 0.0100. The van der Waals surface area contributed by atoms with E-state index in [1.807, 2.05) is 0 Å². The number of phenols is 1. The van der Waals surface area contributed by atoms with Gasteiger partial charge in [-0.15, -0.1) is 0 Å². The molecule has 1 amide bonds. The number of carbonyl (C=O) groups excluding carboxylic acids is 2. The van der Waals surface area contributed by atoms with Crippen LogP contribution in [-0.2, 0) is 9.59 Å². The van der Waals surface area contributed by atoms with Crippen LogP contribution in [0.3, 0.4) is 0 Å². The van der Waals surface area contributed by atoms with Crippen LogP contribution in [0.15, 0.2) is 72.6 Å². The zero-order valence-corrected chi connectivity index (χ0v) is 16.9. The molecule has 1 aliphatic heterocycles. The summed E-state index contributed by atoms with van der Waals surface area (Å²) in [6.45, 7) is 0. The predicted octanol–water partition coefficient (Wildman–Crippen LogP) is 3.98. The van der Waals surface area contributed by atoms with Crippen LogP contribution >= 0.6 is 11.6 Å². The molecule has 10 heteroatoms. The number of nitro groups is 1. The number of pyridine rings is 1. The van der Waals surface area contributed by atoms with E-state index < -0.39 is 28.4 Å². The fourth-order valence-corrected chi connectivity index (χ4v) is 3.69. The van der Waals surface area contributed by atoms with E-state index in [1.54, 1.807) is 12.1 Å². The number of carbonyl (C=O) groups is 2. The number of nitrogens with zero attached hydrogens (tertiary/aromatic N) is 3. The summed E-state index contributed by atoms with van der Waals surface area (Å²) >= 11 is 6.05. The second-order valence-electron chi connectivity index (χ2n) is 6.89. The molecule has 3 aromatic rings. The number of hydrogen-bond acceptors (Lipinski definition) is 7. The first-order valence-electron chi connectivity index (χ1n) is 9.24. The highest BCUT2D eigenvalue weighted by Crippen LogP contribution is 2.45. The number of halogens is 1. The number of aliphatic hydroxyl groups excluding tert-OH is 1. The fourth-order valence-electron chi connectivity index (χ4n) is 3.53. The third kappa shape index (κ3) is 3.54. The molecule has 2 heterocycles. The average molecular weight is 452 g/mol. The minimum Gasteiger partial charge on any atom is -0.507 e. The number of nitro benzene ring substituents is 1. The molecule has 9 nitrogen and oxygen atoms in total. The summed E-state index contributed by atoms with van der Waals surface area (Å²) in [6, 6.07) is 11.0. The number of amides is 1. The number of rotatable bonds is 4. The Hall–Kier alpha value is -4.24. The average Bonchev–Trinajstić information content (AvgIpc) is 3.06. The van der Waals surface area contributed by atoms with E-state index in [4.69, 9.17) is 11.6 Å². The van der Waals surface area contributed by atoms with E-state index in [2.05, 4.69) is 4.98 Å². The molecule has 0 radical (unpaired) electrons. The number of aliphatic hydroxyl groups is 1. The molecule has 32 heavy (non-hydrogen) atoms. The largest absolute Gasteiger partial charge is 0.507 e. The lowest BCUT2D eigenvalue weighted by Crippen LogP contribution is -2.29. The van der Waals surface area contributed by atoms with Gasteiger partial charge in [-0.2, -0.15) is 0 Å². The lowest BCUT2D eigenvalue weighted by atomic mass is 9.95. The molecule has 4 rings (SSSR count). The van der Waals surface area contributed by atoms with Crippen molar-refractivity contribution in [2.24, 2.45) is 0 Å². The quantitative estimate of drug-likeness (QED) is 0.201. The van der Waals surface area contributed by atoms with E-state index >= 15 is 0 Å². The second-order valence-corrected chi connectivity index (χ2v) is 7.32. The highest BCUT2D eigenvalue weighted by Gasteiger charge is 2.47. The number of benzene rings is 2. The van der Waals surface area contributed by atoms with E-state index in [-0.39, 0.29) is 33.3 Å². The number of non-ortho nitro benzene ring substituents is 1. The van der Waals surface area contributed by atoms with Crippen molar-refractivity contribution in [1.82, 2.24) is 4.98 Å². The van der Waals surface area contributed by atoms with Gasteiger partial charge in [0.2, 0.25) is 0 Å². The van der Waals surface area contributed by atoms with Crippen LogP contribution in [0, 0.1) is 10.1 Å². The maximum atomic E-state index is 13.0. The Bertz CT molecular complexity index is 1270. The Kier molecular flexibility index (Phi) is 5.33. The molecule has 1 aliphatic rings. The number of phenolic OH excluding ortho intramolecular Hbond substituents is 1. The molecule has 0 aliphatic carbocycles. The van der Waals surface area contributed by atoms with Gasteiger partial charge in [0, 0.05) is 35.1 Å². The summed E-state index contributed by atoms with van der Waals surface area (Å²) in [5, 5.41) is 32.5. The normalized spacial score (nSPS) is 17.5. The molecular formula is C22H14ClN3O6. The van der Waals surface area contributed by atoms with Crippen molar-refractivity contribution in [2.45, 2.75) is 6.04 Å². The minimum atomic E-state index is -1.10. The molecule has 1 atom stereocenters. The number of hydrogen-bond donors (Lipinski definition) is 2. The van der Waals surface area contributed by atoms with Gasteiger partial charge in [-0.1, -0.05) is 11.6 Å². The Morgan fingerprint density at radius 3 is 2.34 bits per heavy atom. The van der Waals surface area contributed by atoms with Crippen LogP contribution in [0.25, 0.3) is 5.76 Å². The van der Waals surface area contributed by atoms with Crippen molar-refractivity contribution >= 4 is 40.4 Å². The number of anilines is 1. The SMILES string of the molecule is O=C1C(=O)N(c2cc(Cl)ccc2O)C(c2ccncc2)/C1=C(\O)c1ccc([N+](=O)[O-])cc1. The maximum absolute atomic E-state index is 13.0. The number of aromatic hydroxyl groups is 1. The molecule has 2 aromatic carbocycles. The van der Waals surface area contributed by atoms with Gasteiger partial charge in [-0.3, -0.25) is 29.6 Å². The van der Waals surface area contributed by atoms with E-state index in [0.717, 1.165) is 4.90 Å². The first-order valence-corrected chi connectivity index (χ1v) is 9.61. The highest BCUT2D eigenvalue weighted by molar-refractivity contribution is 6.52. The van der Waals surface area contributed by atoms with Gasteiger partial charge < -0.3 is 10.2 Å². The van der Waals surface area contributed by atoms with Crippen molar-refractivity contribution in [3.8, 4) is 5.75 Å². The summed E-state index contributed by atoms with van der Waals surface area (Å²) < 4.78 is 0. The number of aromatic nitrogens is 1. The molecule has 0 spiro atoms. The van der Waals surface area contributed by atoms with Crippen molar-refractivity contribution in [1.29, 1.82) is 0 Å². The molecule has 2 N–H and O–H groups in total. The molecule has 1 fully saturated rings. The van der Waals surface area contributed by atoms with Gasteiger partial charge in [-0.25, -0.2) is 0 Å². The van der Waals surface area contributed by atoms with Gasteiger partial charge in [0.25, 0.3) is 17.4 Å². The summed E-state index contributed by atoms with van der Waals surface area (Å²) in [7, 11) is 0. The van der Waals surface area contributed by atoms with E-state index in [9.17, 15) is 29.9 Å². The standard InChI is InChI=1S/C22H14ClN3O6/c23-14-3-6-17(27)16(11-14)25-19(12-7-9-24-10-8-12)18(21(29)22(25)30)20(28)13-1-4-15(5-2-13)26(31)32/h1-11,19,27-28H/b20-18+. The molecular weight excluding hydrogens is 438 g/mol. The van der Waals surface area contributed by atoms with Gasteiger partial charge in [0.1, 0.15) is 11.5 Å². The Balaban J connectivity index is 1.94. The zero-order valence-electron chi connectivity index (χ0n) is 16.2. The van der Waals surface area contributed by atoms with Gasteiger partial charge in [0.05, 0.1) is 22.2 Å². The van der Waals surface area contributed by atoms with Crippen molar-refractivity contribution in [3.05, 3.63) is 98.8 Å². The Labute approximate surface area is 186 Å². The third-order valence-electron chi connectivity index (χ3n) is 5.01. The fraction of sp³-hybridized carbons (Fsp3) is 0.0455. The zero-order chi connectivity index (χ0) is 23.0. The van der Waals surface area contributed by atoms with Gasteiger partial charge in [0.15, 0.2) is 0 Å². The summed E-state index contributed by atoms with van der Waals surface area (Å²) in [5.41, 5.74) is 0.111. The summed E-state index contributed by atoms with van der Waals surface area (Å²) in [4.78, 5) is 41.3. The van der Waals surface area contributed by atoms with Crippen LogP contribution in [0.2, 0.25) is 5.02 Å². The molecule has 1 saturated heterocycles. The van der Waals surface area contributed by atoms with Crippen molar-refractivity contribution in [3.63, 3.8) is 0 Å². The van der Waals surface area contributed by atoms with Crippen LogP contribution in [0.1, 0.15) is 17.2 Å². The highest BCUT2D eigenvalue weighted by atomic mass is 35.5. The molecule has 0 bridgehead atoms. The molecule has 160 valence electrons. The third-order valence-corrected chi connectivity index (χ3v) is 5.25. The van der Waals surface area contributed by atoms with E-state index in [0.29, 0.717) is 5.56 Å². The van der Waals surface area contributed by atoms with Crippen LogP contribution < -0.4 is 4.90 Å². The lowest BCUT2D eigenvalue weighted by Gasteiger charge is -2.26. The maximum Gasteiger partial charge on any atom is 0.300 e. The smallest absolute Gasteiger partial charge is 0.300 e. The monoisotopic (exact) mass is 451 g/mol. The first-order chi connectivity index (χ1) is 15.3. The second kappa shape index (κ2) is 8.12. The van der Waals surface area contributed by atoms with Gasteiger partial charge >= 0.3 is 0 Å². The topological polar surface area (TPSA) is 134 Å². The number of ketones is 1. The first kappa shape index (κ1) is 21.0. The van der Waals surface area contributed by atoms with Crippen molar-refractivity contribution < 1.29 is 24.7 Å². The Morgan fingerprint density at radius 2 is 1.72 bits per heavy atom. The van der Waals surface area contributed by atoms with Crippen LogP contribution in [0.5, 0.6) is 5.75 Å². The van der Waals surface area contributed by atoms with Crippen LogP contribution in [-0.4, -0.2) is 31.8 Å². The van der Waals surface area contributed by atoms with Crippen molar-refractivity contribution in [2.75, 3.05) is 4.90 Å². The molecule has 1 aromatic heterocycles. The summed E-state index contributed by atoms with van der Waals surface area (Å²) in [5.74, 6) is -2.76. The summed E-state index contributed by atoms with van der Waals surface area (Å²) in [6.07, 6.45) is 2.91. The molecule has 1 unspecified atom stereocenters. The van der Waals surface area contributed by atoms with Gasteiger partial charge in [-0.05, 0) is 48.0 Å². The predicted molar refractivity (Wildman–Crippen MR) is 115 cm³/mol. The Morgan fingerprint density at radius 1 is 1.06 bits per heavy atom. The lowest BCUT2D eigenvalue weighted by molar-refractivity contribution is -0.384. The number of Topliss-reactive ketones (excluding diaryl/α,β-unsaturated/α-hetero) is 1.